The van der Waals surface area contributed by atoms with Crippen LogP contribution in [0.15, 0.2) is 24.3 Å². The number of phenols is 2. The van der Waals surface area contributed by atoms with Gasteiger partial charge in [0.25, 0.3) is 0 Å². The van der Waals surface area contributed by atoms with Gasteiger partial charge in [0.15, 0.2) is 17.3 Å². The summed E-state index contributed by atoms with van der Waals surface area (Å²) >= 11 is 6.24. The highest BCUT2D eigenvalue weighted by atomic mass is 35.5. The van der Waals surface area contributed by atoms with Gasteiger partial charge in [-0.05, 0) is 37.5 Å². The third-order valence-corrected chi connectivity index (χ3v) is 7.90. The Labute approximate surface area is 251 Å². The van der Waals surface area contributed by atoms with Crippen LogP contribution in [0, 0.1) is 6.92 Å². The molecule has 228 valence electrons. The average molecular weight is 617 g/mol. The second kappa shape index (κ2) is 12.5. The minimum absolute atomic E-state index is 0.00834. The lowest BCUT2D eigenvalue weighted by Gasteiger charge is -2.38. The summed E-state index contributed by atoms with van der Waals surface area (Å²) in [6.45, 7) is 3.34. The summed E-state index contributed by atoms with van der Waals surface area (Å²) in [6.07, 6.45) is -0.377. The van der Waals surface area contributed by atoms with Crippen LogP contribution in [-0.4, -0.2) is 92.5 Å². The number of rotatable bonds is 8. The van der Waals surface area contributed by atoms with Gasteiger partial charge in [-0.15, -0.1) is 0 Å². The van der Waals surface area contributed by atoms with Crippen molar-refractivity contribution in [3.63, 3.8) is 0 Å². The van der Waals surface area contributed by atoms with Crippen molar-refractivity contribution in [3.05, 3.63) is 51.5 Å². The first-order chi connectivity index (χ1) is 20.3. The van der Waals surface area contributed by atoms with E-state index in [1.54, 1.807) is 19.1 Å². The zero-order valence-electron chi connectivity index (χ0n) is 23.2. The second-order valence-corrected chi connectivity index (χ2v) is 10.9. The van der Waals surface area contributed by atoms with Crippen LogP contribution in [0.25, 0.3) is 0 Å². The Hall–Kier alpha value is -4.34. The normalized spacial score (nSPS) is 19.0. The summed E-state index contributed by atoms with van der Waals surface area (Å²) in [5.74, 6) is -6.29. The van der Waals surface area contributed by atoms with Crippen LogP contribution in [0.1, 0.15) is 46.4 Å². The number of aryl methyl sites for hydroxylation is 1. The molecule has 2 aromatic carbocycles. The maximum atomic E-state index is 13.8. The molecule has 1 saturated heterocycles. The van der Waals surface area contributed by atoms with E-state index in [1.165, 1.54) is 17.9 Å². The minimum Gasteiger partial charge on any atom is -0.535 e. The Morgan fingerprint density at radius 2 is 1.88 bits per heavy atom. The Bertz CT molecular complexity index is 1500. The number of aromatic hydroxyl groups is 2. The van der Waals surface area contributed by atoms with Crippen molar-refractivity contribution in [1.82, 2.24) is 15.1 Å². The number of phenolic OH excluding ortho intramolecular Hbond substituents is 2. The van der Waals surface area contributed by atoms with Crippen LogP contribution in [-0.2, 0) is 20.8 Å². The van der Waals surface area contributed by atoms with E-state index in [-0.39, 0.29) is 42.9 Å². The quantitative estimate of drug-likeness (QED) is 0.139. The number of halogens is 1. The predicted octanol–water partition coefficient (Wildman–Crippen LogP) is 0.972. The first kappa shape index (κ1) is 31.6. The van der Waals surface area contributed by atoms with Crippen molar-refractivity contribution in [2.75, 3.05) is 19.6 Å². The lowest BCUT2D eigenvalue weighted by Crippen LogP contribution is -2.63. The molecule has 1 fully saturated rings. The number of carboxylic acids is 1. The van der Waals surface area contributed by atoms with Gasteiger partial charge in [0.1, 0.15) is 17.4 Å². The highest BCUT2D eigenvalue weighted by Gasteiger charge is 2.43. The van der Waals surface area contributed by atoms with E-state index in [9.17, 15) is 44.3 Å². The molecule has 16 heteroatoms. The Morgan fingerprint density at radius 3 is 2.53 bits per heavy atom. The van der Waals surface area contributed by atoms with Gasteiger partial charge in [-0.3, -0.25) is 19.3 Å². The van der Waals surface area contributed by atoms with Crippen molar-refractivity contribution in [1.29, 1.82) is 0 Å². The molecule has 14 nitrogen and oxygen atoms in total. The largest absolute Gasteiger partial charge is 0.535 e. The molecule has 0 aliphatic carbocycles. The zero-order valence-corrected chi connectivity index (χ0v) is 24.0. The molecule has 43 heavy (non-hydrogen) atoms. The number of nitrogens with two attached hydrogens (primary N) is 1. The average Bonchev–Trinajstić information content (AvgIpc) is 2.94. The molecule has 7 N–H and O–H groups in total. The van der Waals surface area contributed by atoms with Crippen LogP contribution >= 0.6 is 11.6 Å². The molecule has 3 atom stereocenters. The van der Waals surface area contributed by atoms with Gasteiger partial charge in [-0.2, -0.15) is 0 Å². The maximum Gasteiger partial charge on any atom is 0.526 e. The first-order valence-electron chi connectivity index (χ1n) is 13.3. The van der Waals surface area contributed by atoms with Gasteiger partial charge in [-0.25, -0.2) is 9.59 Å². The Balaban J connectivity index is 1.63. The number of carbonyl (C=O) groups is 5. The standard InChI is InChI=1S/C27H30BClN4O10/c1-12-3-4-14-9-15(28(42)43-23(14)19(12)26(39)40)10-18(35)21(16-5-6-17(34)22(36)20(16)29)31-27(41)33-13(2)11-32(8-7-30)24(37)25(33)38/h3-6,13,15,21,34,36,42H,7-11,30H2,1-2H3,(H,31,41)(H,39,40)/t13-,15+,21+/m0/s1. The number of ketones is 1. The smallest absolute Gasteiger partial charge is 0.526 e. The second-order valence-electron chi connectivity index (χ2n) is 10.5. The number of nitrogens with one attached hydrogen (secondary N) is 1. The van der Waals surface area contributed by atoms with Crippen LogP contribution in [0.2, 0.25) is 10.8 Å². The SMILES string of the molecule is Cc1ccc2c(c1C(=O)O)OB(O)[C@@H](CC(=O)[C@H](NC(=O)N1C(=O)C(=O)N(CCN)C[C@@H]1C)c1ccc(O)c(O)c1Cl)C2. The number of imide groups is 1. The van der Waals surface area contributed by atoms with E-state index in [4.69, 9.17) is 22.0 Å². The van der Waals surface area contributed by atoms with Crippen molar-refractivity contribution in [3.8, 4) is 17.2 Å². The van der Waals surface area contributed by atoms with E-state index in [0.29, 0.717) is 16.0 Å². The Morgan fingerprint density at radius 1 is 1.19 bits per heavy atom. The van der Waals surface area contributed by atoms with Crippen LogP contribution in [0.4, 0.5) is 4.79 Å². The highest BCUT2D eigenvalue weighted by Crippen LogP contribution is 2.41. The number of amides is 4. The van der Waals surface area contributed by atoms with Crippen molar-refractivity contribution in [2.45, 2.75) is 44.6 Å². The van der Waals surface area contributed by atoms with E-state index < -0.39 is 77.6 Å². The molecule has 0 saturated carbocycles. The van der Waals surface area contributed by atoms with Crippen molar-refractivity contribution in [2.24, 2.45) is 5.73 Å². The van der Waals surface area contributed by atoms with E-state index in [0.717, 1.165) is 6.07 Å². The molecular weight excluding hydrogens is 587 g/mol. The predicted molar refractivity (Wildman–Crippen MR) is 152 cm³/mol. The molecule has 0 unspecified atom stereocenters. The lowest BCUT2D eigenvalue weighted by atomic mass is 9.64. The number of carboxylic acid groups (broad SMARTS) is 1. The number of urea groups is 1. The van der Waals surface area contributed by atoms with Crippen LogP contribution in [0.3, 0.4) is 0 Å². The van der Waals surface area contributed by atoms with Crippen LogP contribution < -0.4 is 15.7 Å². The Kier molecular flexibility index (Phi) is 9.18. The molecule has 2 heterocycles. The monoisotopic (exact) mass is 616 g/mol. The summed E-state index contributed by atoms with van der Waals surface area (Å²) in [7, 11) is -1.59. The molecule has 4 rings (SSSR count). The number of aromatic carboxylic acids is 1. The number of piperazine rings is 1. The third kappa shape index (κ3) is 6.09. The molecule has 2 aromatic rings. The molecule has 2 aliphatic rings. The number of benzene rings is 2. The van der Waals surface area contributed by atoms with Gasteiger partial charge >= 0.3 is 30.9 Å². The van der Waals surface area contributed by atoms with E-state index >= 15 is 0 Å². The summed E-state index contributed by atoms with van der Waals surface area (Å²) in [5.41, 5.74) is 6.13. The number of hydrogen-bond acceptors (Lipinski definition) is 10. The first-order valence-corrected chi connectivity index (χ1v) is 13.7. The zero-order chi connectivity index (χ0) is 31.7. The van der Waals surface area contributed by atoms with Gasteiger partial charge in [0.05, 0.1) is 11.1 Å². The molecule has 0 aromatic heterocycles. The molecular formula is C27H30BClN4O10. The number of hydrogen-bond donors (Lipinski definition) is 6. The molecule has 2 aliphatic heterocycles. The molecule has 0 bridgehead atoms. The van der Waals surface area contributed by atoms with Crippen LogP contribution in [0.5, 0.6) is 17.2 Å². The third-order valence-electron chi connectivity index (χ3n) is 7.51. The number of fused-ring (bicyclic) bond motifs is 1. The summed E-state index contributed by atoms with van der Waals surface area (Å²) in [5, 5.41) is 42.4. The molecule has 0 radical (unpaired) electrons. The fraction of sp³-hybridized carbons (Fsp3) is 0.370. The topological polar surface area (TPSA) is 220 Å². The van der Waals surface area contributed by atoms with Gasteiger partial charge in [-0.1, -0.05) is 29.8 Å². The molecule has 4 amide bonds. The molecule has 0 spiro atoms. The van der Waals surface area contributed by atoms with E-state index in [2.05, 4.69) is 5.32 Å². The lowest BCUT2D eigenvalue weighted by molar-refractivity contribution is -0.155. The fourth-order valence-corrected chi connectivity index (χ4v) is 5.58. The summed E-state index contributed by atoms with van der Waals surface area (Å²) in [6, 6.07) is 1.97. The number of carbonyl (C=O) groups excluding carboxylic acids is 4. The summed E-state index contributed by atoms with van der Waals surface area (Å²) in [4.78, 5) is 66.2. The van der Waals surface area contributed by atoms with Gasteiger partial charge in [0.2, 0.25) is 0 Å². The van der Waals surface area contributed by atoms with Gasteiger partial charge < -0.3 is 40.9 Å². The number of nitrogens with zero attached hydrogens (tertiary/aromatic N) is 2. The minimum atomic E-state index is -1.61. The van der Waals surface area contributed by atoms with E-state index in [1.807, 2.05) is 0 Å². The number of Topliss-reactive ketones (excluding diaryl/α,β-unsaturated/α-hetero) is 1. The highest BCUT2D eigenvalue weighted by molar-refractivity contribution is 6.47. The fourth-order valence-electron chi connectivity index (χ4n) is 5.32. The summed E-state index contributed by atoms with van der Waals surface area (Å²) < 4.78 is 5.54. The van der Waals surface area contributed by atoms with Gasteiger partial charge in [0, 0.05) is 37.4 Å². The maximum absolute atomic E-state index is 13.8. The van der Waals surface area contributed by atoms with Crippen molar-refractivity contribution < 1.29 is 49.0 Å². The van der Waals surface area contributed by atoms with Crippen molar-refractivity contribution >= 4 is 48.3 Å².